The van der Waals surface area contributed by atoms with E-state index in [0.29, 0.717) is 12.5 Å². The minimum absolute atomic E-state index is 0.0648. The molecule has 4 aromatic rings. The molecular formula is C28H28N4O2. The number of carbonyl (C=O) groups excluding carboxylic acids is 2. The van der Waals surface area contributed by atoms with E-state index >= 15 is 0 Å². The van der Waals surface area contributed by atoms with Crippen LogP contribution in [-0.2, 0) is 16.1 Å². The van der Waals surface area contributed by atoms with Crippen LogP contribution in [0.5, 0.6) is 0 Å². The van der Waals surface area contributed by atoms with E-state index in [2.05, 4.69) is 31.3 Å². The van der Waals surface area contributed by atoms with Crippen LogP contribution in [0.15, 0.2) is 85.1 Å². The molecule has 0 spiro atoms. The SMILES string of the molecule is CC(=O)N(CC(=O)Nc1nc(-c2ccccc2)cn1-c1ccc(C)c(C)c1)Cc1ccccc1. The molecule has 4 rings (SSSR count). The Morgan fingerprint density at radius 3 is 2.24 bits per heavy atom. The van der Waals surface area contributed by atoms with Gasteiger partial charge in [-0.15, -0.1) is 0 Å². The second-order valence-electron chi connectivity index (χ2n) is 8.36. The minimum Gasteiger partial charge on any atom is -0.329 e. The molecule has 0 radical (unpaired) electrons. The van der Waals surface area contributed by atoms with E-state index in [1.165, 1.54) is 17.4 Å². The lowest BCUT2D eigenvalue weighted by molar-refractivity contribution is -0.133. The van der Waals surface area contributed by atoms with Gasteiger partial charge in [-0.1, -0.05) is 66.7 Å². The van der Waals surface area contributed by atoms with Crippen LogP contribution < -0.4 is 5.32 Å². The van der Waals surface area contributed by atoms with Crippen molar-refractivity contribution in [1.82, 2.24) is 14.5 Å². The predicted octanol–water partition coefficient (Wildman–Crippen LogP) is 5.14. The molecule has 172 valence electrons. The normalized spacial score (nSPS) is 10.7. The number of benzene rings is 3. The highest BCUT2D eigenvalue weighted by Crippen LogP contribution is 2.25. The third-order valence-electron chi connectivity index (χ3n) is 5.79. The molecular weight excluding hydrogens is 424 g/mol. The number of nitrogens with one attached hydrogen (secondary N) is 1. The minimum atomic E-state index is -0.304. The Hall–Kier alpha value is -4.19. The summed E-state index contributed by atoms with van der Waals surface area (Å²) in [5.74, 6) is -0.0572. The Kier molecular flexibility index (Phi) is 6.87. The second-order valence-corrected chi connectivity index (χ2v) is 8.36. The van der Waals surface area contributed by atoms with Crippen LogP contribution in [-0.4, -0.2) is 32.8 Å². The second kappa shape index (κ2) is 10.2. The first-order valence-electron chi connectivity index (χ1n) is 11.2. The third kappa shape index (κ3) is 5.41. The summed E-state index contributed by atoms with van der Waals surface area (Å²) in [6, 6.07) is 25.6. The monoisotopic (exact) mass is 452 g/mol. The number of nitrogens with zero attached hydrogens (tertiary/aromatic N) is 3. The van der Waals surface area contributed by atoms with Crippen LogP contribution in [0, 0.1) is 13.8 Å². The highest BCUT2D eigenvalue weighted by Gasteiger charge is 2.18. The fourth-order valence-corrected chi connectivity index (χ4v) is 3.71. The van der Waals surface area contributed by atoms with E-state index in [-0.39, 0.29) is 18.4 Å². The van der Waals surface area contributed by atoms with Gasteiger partial charge in [-0.05, 0) is 42.7 Å². The van der Waals surface area contributed by atoms with Gasteiger partial charge in [0.2, 0.25) is 17.8 Å². The molecule has 0 atom stereocenters. The molecule has 0 unspecified atom stereocenters. The highest BCUT2D eigenvalue weighted by molar-refractivity contribution is 5.93. The summed E-state index contributed by atoms with van der Waals surface area (Å²) in [5, 5.41) is 2.92. The summed E-state index contributed by atoms with van der Waals surface area (Å²) in [6.07, 6.45) is 1.92. The van der Waals surface area contributed by atoms with E-state index in [9.17, 15) is 9.59 Å². The van der Waals surface area contributed by atoms with Gasteiger partial charge < -0.3 is 4.90 Å². The summed E-state index contributed by atoms with van der Waals surface area (Å²) >= 11 is 0. The zero-order chi connectivity index (χ0) is 24.1. The van der Waals surface area contributed by atoms with E-state index in [1.807, 2.05) is 77.5 Å². The molecule has 6 heteroatoms. The first-order chi connectivity index (χ1) is 16.4. The average Bonchev–Trinajstić information content (AvgIpc) is 3.25. The molecule has 0 fully saturated rings. The summed E-state index contributed by atoms with van der Waals surface area (Å²) in [7, 11) is 0. The molecule has 1 heterocycles. The fraction of sp³-hybridized carbons (Fsp3) is 0.179. The molecule has 3 aromatic carbocycles. The van der Waals surface area contributed by atoms with Crippen molar-refractivity contribution in [3.63, 3.8) is 0 Å². The van der Waals surface area contributed by atoms with Crippen molar-refractivity contribution in [2.75, 3.05) is 11.9 Å². The highest BCUT2D eigenvalue weighted by atomic mass is 16.2. The number of carbonyl (C=O) groups is 2. The number of amides is 2. The maximum Gasteiger partial charge on any atom is 0.246 e. The zero-order valence-electron chi connectivity index (χ0n) is 19.7. The Balaban J connectivity index is 1.61. The molecule has 34 heavy (non-hydrogen) atoms. The first-order valence-corrected chi connectivity index (χ1v) is 11.2. The average molecular weight is 453 g/mol. The van der Waals surface area contributed by atoms with E-state index in [0.717, 1.165) is 28.1 Å². The molecule has 0 bridgehead atoms. The predicted molar refractivity (Wildman–Crippen MR) is 135 cm³/mol. The van der Waals surface area contributed by atoms with Gasteiger partial charge in [0, 0.05) is 30.9 Å². The molecule has 0 aliphatic heterocycles. The zero-order valence-corrected chi connectivity index (χ0v) is 19.7. The Morgan fingerprint density at radius 2 is 1.59 bits per heavy atom. The van der Waals surface area contributed by atoms with E-state index < -0.39 is 0 Å². The molecule has 0 saturated carbocycles. The lowest BCUT2D eigenvalue weighted by Gasteiger charge is -2.20. The standard InChI is InChI=1S/C28H28N4O2/c1-20-14-15-25(16-21(20)2)32-18-26(24-12-8-5-9-13-24)29-28(32)30-27(34)19-31(22(3)33)17-23-10-6-4-7-11-23/h4-16,18H,17,19H2,1-3H3,(H,29,30,34). The maximum absolute atomic E-state index is 13.0. The van der Waals surface area contributed by atoms with Gasteiger partial charge in [-0.25, -0.2) is 4.98 Å². The van der Waals surface area contributed by atoms with Crippen molar-refractivity contribution >= 4 is 17.8 Å². The van der Waals surface area contributed by atoms with E-state index in [1.54, 1.807) is 0 Å². The topological polar surface area (TPSA) is 67.2 Å². The van der Waals surface area contributed by atoms with Gasteiger partial charge in [-0.3, -0.25) is 19.5 Å². The van der Waals surface area contributed by atoms with Crippen LogP contribution in [0.25, 0.3) is 16.9 Å². The van der Waals surface area contributed by atoms with Gasteiger partial charge in [0.1, 0.15) is 6.54 Å². The molecule has 6 nitrogen and oxygen atoms in total. The number of imidazole rings is 1. The van der Waals surface area contributed by atoms with Crippen molar-refractivity contribution in [3.8, 4) is 16.9 Å². The Bertz CT molecular complexity index is 1300. The molecule has 0 aliphatic rings. The third-order valence-corrected chi connectivity index (χ3v) is 5.79. The Labute approximate surface area is 199 Å². The van der Waals surface area contributed by atoms with Crippen LogP contribution in [0.2, 0.25) is 0 Å². The number of aryl methyl sites for hydroxylation is 2. The lowest BCUT2D eigenvalue weighted by atomic mass is 10.1. The largest absolute Gasteiger partial charge is 0.329 e. The molecule has 0 saturated heterocycles. The van der Waals surface area contributed by atoms with Crippen LogP contribution in [0.4, 0.5) is 5.95 Å². The lowest BCUT2D eigenvalue weighted by Crippen LogP contribution is -2.36. The summed E-state index contributed by atoms with van der Waals surface area (Å²) < 4.78 is 1.88. The fourth-order valence-electron chi connectivity index (χ4n) is 3.71. The first kappa shape index (κ1) is 23.0. The van der Waals surface area contributed by atoms with E-state index in [4.69, 9.17) is 4.98 Å². The molecule has 0 aliphatic carbocycles. The van der Waals surface area contributed by atoms with Gasteiger partial charge in [0.05, 0.1) is 5.69 Å². The van der Waals surface area contributed by atoms with Gasteiger partial charge in [0.25, 0.3) is 0 Å². The number of hydrogen-bond donors (Lipinski definition) is 1. The quantitative estimate of drug-likeness (QED) is 0.422. The summed E-state index contributed by atoms with van der Waals surface area (Å²) in [4.78, 5) is 31.5. The van der Waals surface area contributed by atoms with Crippen LogP contribution in [0.1, 0.15) is 23.6 Å². The van der Waals surface area contributed by atoms with Crippen molar-refractivity contribution < 1.29 is 9.59 Å². The van der Waals surface area contributed by atoms with Crippen molar-refractivity contribution in [2.45, 2.75) is 27.3 Å². The van der Waals surface area contributed by atoms with Crippen molar-refractivity contribution in [1.29, 1.82) is 0 Å². The van der Waals surface area contributed by atoms with Crippen LogP contribution >= 0.6 is 0 Å². The number of anilines is 1. The summed E-state index contributed by atoms with van der Waals surface area (Å²) in [6.45, 7) is 5.89. The number of rotatable bonds is 7. The smallest absolute Gasteiger partial charge is 0.246 e. The molecule has 1 N–H and O–H groups in total. The van der Waals surface area contributed by atoms with Gasteiger partial charge in [-0.2, -0.15) is 0 Å². The number of hydrogen-bond acceptors (Lipinski definition) is 3. The van der Waals surface area contributed by atoms with Gasteiger partial charge >= 0.3 is 0 Å². The van der Waals surface area contributed by atoms with Crippen LogP contribution in [0.3, 0.4) is 0 Å². The summed E-state index contributed by atoms with van der Waals surface area (Å²) in [5.41, 5.74) is 5.91. The van der Waals surface area contributed by atoms with Gasteiger partial charge in [0.15, 0.2) is 0 Å². The van der Waals surface area contributed by atoms with Crippen molar-refractivity contribution in [3.05, 3.63) is 102 Å². The Morgan fingerprint density at radius 1 is 0.912 bits per heavy atom. The van der Waals surface area contributed by atoms with Crippen molar-refractivity contribution in [2.24, 2.45) is 0 Å². The maximum atomic E-state index is 13.0. The number of aromatic nitrogens is 2. The molecule has 1 aromatic heterocycles. The molecule has 2 amide bonds.